The van der Waals surface area contributed by atoms with Crippen LogP contribution in [0, 0.1) is 25.5 Å². The van der Waals surface area contributed by atoms with E-state index < -0.39 is 11.6 Å². The normalized spacial score (nSPS) is 11.1. The van der Waals surface area contributed by atoms with Crippen molar-refractivity contribution in [2.45, 2.75) is 13.8 Å². The standard InChI is InChI=1S/C26H19F2N5O/c1-15-11-18(8-9-29-15)32-26(34)21-12-17(13-30-16(21)2)19-6-4-10-33-23(19)14-31-25(33)20-5-3-7-22(27)24(20)28/h3-14H,1-2H3,(H,29,32,34). The van der Waals surface area contributed by atoms with Gasteiger partial charge >= 0.3 is 0 Å². The number of imidazole rings is 1. The number of anilines is 1. The minimum atomic E-state index is -0.956. The molecule has 0 radical (unpaired) electrons. The maximum Gasteiger partial charge on any atom is 0.257 e. The summed E-state index contributed by atoms with van der Waals surface area (Å²) >= 11 is 0. The van der Waals surface area contributed by atoms with Gasteiger partial charge in [-0.25, -0.2) is 13.8 Å². The second-order valence-corrected chi connectivity index (χ2v) is 7.86. The Morgan fingerprint density at radius 3 is 2.59 bits per heavy atom. The minimum absolute atomic E-state index is 0.0619. The topological polar surface area (TPSA) is 72.2 Å². The molecular weight excluding hydrogens is 436 g/mol. The van der Waals surface area contributed by atoms with Gasteiger partial charge in [-0.1, -0.05) is 12.1 Å². The van der Waals surface area contributed by atoms with E-state index in [-0.39, 0.29) is 17.3 Å². The van der Waals surface area contributed by atoms with Crippen LogP contribution in [0.4, 0.5) is 14.5 Å². The van der Waals surface area contributed by atoms with Crippen LogP contribution in [0.1, 0.15) is 21.7 Å². The maximum atomic E-state index is 14.4. The van der Waals surface area contributed by atoms with Crippen molar-refractivity contribution in [1.82, 2.24) is 19.4 Å². The van der Waals surface area contributed by atoms with Gasteiger partial charge in [-0.05, 0) is 50.2 Å². The van der Waals surface area contributed by atoms with Gasteiger partial charge in [0.2, 0.25) is 0 Å². The molecule has 1 aromatic carbocycles. The van der Waals surface area contributed by atoms with Crippen LogP contribution in [0.2, 0.25) is 0 Å². The summed E-state index contributed by atoms with van der Waals surface area (Å²) in [4.78, 5) is 25.9. The molecule has 0 atom stereocenters. The first kappa shape index (κ1) is 21.4. The Labute approximate surface area is 194 Å². The molecule has 4 heterocycles. The van der Waals surface area contributed by atoms with E-state index in [1.54, 1.807) is 60.4 Å². The molecule has 6 nitrogen and oxygen atoms in total. The third-order valence-corrected chi connectivity index (χ3v) is 5.56. The number of rotatable bonds is 4. The van der Waals surface area contributed by atoms with Crippen molar-refractivity contribution in [1.29, 1.82) is 0 Å². The fourth-order valence-corrected chi connectivity index (χ4v) is 3.87. The lowest BCUT2D eigenvalue weighted by Crippen LogP contribution is -2.14. The quantitative estimate of drug-likeness (QED) is 0.383. The average Bonchev–Trinajstić information content (AvgIpc) is 3.25. The Bertz CT molecular complexity index is 1560. The predicted octanol–water partition coefficient (Wildman–Crippen LogP) is 5.61. The van der Waals surface area contributed by atoms with Gasteiger partial charge in [0.05, 0.1) is 28.5 Å². The summed E-state index contributed by atoms with van der Waals surface area (Å²) in [7, 11) is 0. The van der Waals surface area contributed by atoms with E-state index >= 15 is 0 Å². The Hall–Kier alpha value is -4.46. The van der Waals surface area contributed by atoms with Gasteiger partial charge in [0.1, 0.15) is 5.82 Å². The number of fused-ring (bicyclic) bond motifs is 1. The lowest BCUT2D eigenvalue weighted by atomic mass is 10.0. The van der Waals surface area contributed by atoms with E-state index in [0.717, 1.165) is 17.3 Å². The number of carbonyl (C=O) groups is 1. The van der Waals surface area contributed by atoms with Crippen molar-refractivity contribution in [3.05, 3.63) is 102 Å². The molecule has 34 heavy (non-hydrogen) atoms. The van der Waals surface area contributed by atoms with E-state index in [0.29, 0.717) is 28.0 Å². The molecule has 0 aliphatic heterocycles. The summed E-state index contributed by atoms with van der Waals surface area (Å²) in [6.45, 7) is 3.61. The summed E-state index contributed by atoms with van der Waals surface area (Å²) in [5, 5.41) is 2.88. The smallest absolute Gasteiger partial charge is 0.257 e. The number of benzene rings is 1. The molecule has 0 saturated carbocycles. The van der Waals surface area contributed by atoms with E-state index in [1.165, 1.54) is 12.1 Å². The van der Waals surface area contributed by atoms with Crippen molar-refractivity contribution >= 4 is 17.1 Å². The lowest BCUT2D eigenvalue weighted by Gasteiger charge is -2.11. The number of aryl methyl sites for hydroxylation is 2. The van der Waals surface area contributed by atoms with Gasteiger partial charge in [0.15, 0.2) is 11.6 Å². The number of aromatic nitrogens is 4. The van der Waals surface area contributed by atoms with Crippen molar-refractivity contribution in [3.63, 3.8) is 0 Å². The molecule has 4 aromatic heterocycles. The van der Waals surface area contributed by atoms with E-state index in [9.17, 15) is 13.6 Å². The fourth-order valence-electron chi connectivity index (χ4n) is 3.87. The molecule has 5 aromatic rings. The Kier molecular flexibility index (Phi) is 5.33. The zero-order valence-electron chi connectivity index (χ0n) is 18.4. The van der Waals surface area contributed by atoms with Gasteiger partial charge in [-0.15, -0.1) is 0 Å². The number of hydrogen-bond donors (Lipinski definition) is 1. The van der Waals surface area contributed by atoms with Crippen LogP contribution in [0.5, 0.6) is 0 Å². The first-order valence-corrected chi connectivity index (χ1v) is 10.5. The number of nitrogens with zero attached hydrogens (tertiary/aromatic N) is 4. The summed E-state index contributed by atoms with van der Waals surface area (Å²) < 4.78 is 29.9. The van der Waals surface area contributed by atoms with E-state index in [1.807, 2.05) is 13.0 Å². The third-order valence-electron chi connectivity index (χ3n) is 5.56. The highest BCUT2D eigenvalue weighted by atomic mass is 19.2. The molecule has 0 unspecified atom stereocenters. The average molecular weight is 455 g/mol. The van der Waals surface area contributed by atoms with E-state index in [4.69, 9.17) is 0 Å². The second kappa shape index (κ2) is 8.47. The maximum absolute atomic E-state index is 14.4. The molecule has 1 N–H and O–H groups in total. The molecular formula is C26H19F2N5O. The summed E-state index contributed by atoms with van der Waals surface area (Å²) in [6, 6.07) is 12.9. The second-order valence-electron chi connectivity index (χ2n) is 7.86. The summed E-state index contributed by atoms with van der Waals surface area (Å²) in [6.07, 6.45) is 6.63. The number of carbonyl (C=O) groups excluding carboxylic acids is 1. The number of hydrogen-bond acceptors (Lipinski definition) is 4. The van der Waals surface area contributed by atoms with Crippen molar-refractivity contribution in [2.24, 2.45) is 0 Å². The van der Waals surface area contributed by atoms with Crippen LogP contribution in [0.15, 0.2) is 73.3 Å². The van der Waals surface area contributed by atoms with Crippen LogP contribution in [-0.4, -0.2) is 25.3 Å². The molecule has 1 amide bonds. The van der Waals surface area contributed by atoms with Gasteiger partial charge in [0, 0.05) is 41.1 Å². The largest absolute Gasteiger partial charge is 0.322 e. The number of nitrogens with one attached hydrogen (secondary N) is 1. The SMILES string of the molecule is Cc1cc(NC(=O)c2cc(-c3cccn4c(-c5cccc(F)c5F)ncc34)cnc2C)ccn1. The van der Waals surface area contributed by atoms with Gasteiger partial charge < -0.3 is 5.32 Å². The number of amides is 1. The Balaban J connectivity index is 1.56. The molecule has 168 valence electrons. The van der Waals surface area contributed by atoms with Crippen molar-refractivity contribution in [2.75, 3.05) is 5.32 Å². The Morgan fingerprint density at radius 2 is 1.76 bits per heavy atom. The van der Waals surface area contributed by atoms with Crippen LogP contribution < -0.4 is 5.32 Å². The molecule has 0 aliphatic carbocycles. The monoisotopic (exact) mass is 455 g/mol. The van der Waals surface area contributed by atoms with Crippen LogP contribution in [0.25, 0.3) is 28.0 Å². The molecule has 0 bridgehead atoms. The molecule has 0 aliphatic rings. The minimum Gasteiger partial charge on any atom is -0.322 e. The highest BCUT2D eigenvalue weighted by Crippen LogP contribution is 2.30. The summed E-state index contributed by atoms with van der Waals surface area (Å²) in [5.74, 6) is -1.91. The fraction of sp³-hybridized carbons (Fsp3) is 0.0769. The van der Waals surface area contributed by atoms with Crippen molar-refractivity contribution < 1.29 is 13.6 Å². The number of pyridine rings is 3. The predicted molar refractivity (Wildman–Crippen MR) is 125 cm³/mol. The van der Waals surface area contributed by atoms with Crippen molar-refractivity contribution in [3.8, 4) is 22.5 Å². The highest BCUT2D eigenvalue weighted by molar-refractivity contribution is 6.05. The summed E-state index contributed by atoms with van der Waals surface area (Å²) in [5.41, 5.74) is 4.61. The number of halogens is 2. The highest BCUT2D eigenvalue weighted by Gasteiger charge is 2.18. The molecule has 0 spiro atoms. The zero-order valence-corrected chi connectivity index (χ0v) is 18.4. The van der Waals surface area contributed by atoms with Crippen LogP contribution in [0.3, 0.4) is 0 Å². The first-order valence-electron chi connectivity index (χ1n) is 10.5. The first-order chi connectivity index (χ1) is 16.4. The van der Waals surface area contributed by atoms with Gasteiger partial charge in [-0.3, -0.25) is 19.2 Å². The van der Waals surface area contributed by atoms with Gasteiger partial charge in [-0.2, -0.15) is 0 Å². The van der Waals surface area contributed by atoms with Gasteiger partial charge in [0.25, 0.3) is 5.91 Å². The zero-order chi connectivity index (χ0) is 23.8. The molecule has 0 saturated heterocycles. The van der Waals surface area contributed by atoms with Crippen LogP contribution in [-0.2, 0) is 0 Å². The molecule has 8 heteroatoms. The lowest BCUT2D eigenvalue weighted by molar-refractivity contribution is 0.102. The Morgan fingerprint density at radius 1 is 0.941 bits per heavy atom. The third kappa shape index (κ3) is 3.79. The molecule has 5 rings (SSSR count). The molecule has 0 fully saturated rings. The van der Waals surface area contributed by atoms with Crippen LogP contribution >= 0.6 is 0 Å². The van der Waals surface area contributed by atoms with E-state index in [2.05, 4.69) is 20.3 Å².